The van der Waals surface area contributed by atoms with Crippen LogP contribution in [0.25, 0.3) is 0 Å². The topological polar surface area (TPSA) is 46.3 Å². The zero-order valence-corrected chi connectivity index (χ0v) is 13.2. The lowest BCUT2D eigenvalue weighted by molar-refractivity contribution is 0.0582. The van der Waals surface area contributed by atoms with E-state index in [1.807, 2.05) is 30.0 Å². The number of likely N-dealkylation sites (tertiary alicyclic amines) is 1. The maximum Gasteiger partial charge on any atom is 0.254 e. The lowest BCUT2D eigenvalue weighted by atomic mass is 9.84. The third kappa shape index (κ3) is 3.86. The highest BCUT2D eigenvalue weighted by Gasteiger charge is 2.30. The van der Waals surface area contributed by atoms with E-state index in [0.29, 0.717) is 6.54 Å². The predicted octanol–water partition coefficient (Wildman–Crippen LogP) is 2.57. The molecule has 0 aromatic heterocycles. The van der Waals surface area contributed by atoms with E-state index in [1.54, 1.807) is 0 Å². The van der Waals surface area contributed by atoms with Gasteiger partial charge < -0.3 is 10.6 Å². The number of benzene rings is 1. The van der Waals surface area contributed by atoms with Crippen molar-refractivity contribution in [3.05, 3.63) is 34.9 Å². The average molecular weight is 284 g/mol. The van der Waals surface area contributed by atoms with Gasteiger partial charge in [0.25, 0.3) is 5.91 Å². The predicted molar refractivity (Wildman–Crippen MR) is 86.0 cm³/mol. The van der Waals surface area contributed by atoms with Crippen molar-refractivity contribution in [1.82, 2.24) is 4.90 Å². The SMILES string of the molecule is Cc1ccc(C#CCN)cc1C(=O)N1CCCC(C)(C)C1. The van der Waals surface area contributed by atoms with Crippen LogP contribution in [0.2, 0.25) is 0 Å². The van der Waals surface area contributed by atoms with Crippen molar-refractivity contribution in [2.45, 2.75) is 33.6 Å². The summed E-state index contributed by atoms with van der Waals surface area (Å²) < 4.78 is 0. The highest BCUT2D eigenvalue weighted by molar-refractivity contribution is 5.96. The van der Waals surface area contributed by atoms with Gasteiger partial charge in [-0.05, 0) is 42.9 Å². The smallest absolute Gasteiger partial charge is 0.254 e. The van der Waals surface area contributed by atoms with Gasteiger partial charge in [0.15, 0.2) is 0 Å². The Labute approximate surface area is 127 Å². The summed E-state index contributed by atoms with van der Waals surface area (Å²) in [5.41, 5.74) is 8.22. The summed E-state index contributed by atoms with van der Waals surface area (Å²) in [6.07, 6.45) is 2.25. The molecule has 1 aliphatic rings. The summed E-state index contributed by atoms with van der Waals surface area (Å²) in [5.74, 6) is 5.96. The van der Waals surface area contributed by atoms with E-state index in [9.17, 15) is 4.79 Å². The number of aryl methyl sites for hydroxylation is 1. The van der Waals surface area contributed by atoms with Gasteiger partial charge in [-0.2, -0.15) is 0 Å². The minimum atomic E-state index is 0.122. The Morgan fingerprint density at radius 3 is 2.86 bits per heavy atom. The van der Waals surface area contributed by atoms with Crippen LogP contribution in [0.4, 0.5) is 0 Å². The summed E-state index contributed by atoms with van der Waals surface area (Å²) in [6, 6.07) is 5.79. The molecule has 0 radical (unpaired) electrons. The van der Waals surface area contributed by atoms with E-state index in [-0.39, 0.29) is 11.3 Å². The maximum atomic E-state index is 12.8. The molecule has 1 aromatic rings. The van der Waals surface area contributed by atoms with Crippen LogP contribution >= 0.6 is 0 Å². The van der Waals surface area contributed by atoms with Gasteiger partial charge in [0, 0.05) is 24.2 Å². The molecule has 1 saturated heterocycles. The third-order valence-corrected chi connectivity index (χ3v) is 3.99. The fourth-order valence-corrected chi connectivity index (χ4v) is 2.85. The molecule has 3 nitrogen and oxygen atoms in total. The van der Waals surface area contributed by atoms with Crippen LogP contribution < -0.4 is 5.73 Å². The van der Waals surface area contributed by atoms with Crippen LogP contribution in [-0.4, -0.2) is 30.4 Å². The van der Waals surface area contributed by atoms with Crippen LogP contribution in [0.5, 0.6) is 0 Å². The molecule has 0 saturated carbocycles. The molecule has 0 unspecified atom stereocenters. The summed E-state index contributed by atoms with van der Waals surface area (Å²) in [5, 5.41) is 0. The average Bonchev–Trinajstić information content (AvgIpc) is 2.44. The molecule has 1 aromatic carbocycles. The molecule has 3 heteroatoms. The first-order valence-electron chi connectivity index (χ1n) is 7.52. The standard InChI is InChI=1S/C18H24N2O/c1-14-7-8-15(6-4-10-19)12-16(14)17(21)20-11-5-9-18(2,3)13-20/h7-8,12H,5,9-11,13,19H2,1-3H3. The number of rotatable bonds is 1. The van der Waals surface area contributed by atoms with Gasteiger partial charge in [-0.15, -0.1) is 0 Å². The molecule has 0 atom stereocenters. The monoisotopic (exact) mass is 284 g/mol. The molecule has 1 fully saturated rings. The van der Waals surface area contributed by atoms with Gasteiger partial charge in [-0.3, -0.25) is 4.79 Å². The Balaban J connectivity index is 2.26. The van der Waals surface area contributed by atoms with Crippen molar-refractivity contribution >= 4 is 5.91 Å². The molecule has 2 rings (SSSR count). The number of nitrogens with two attached hydrogens (primary N) is 1. The van der Waals surface area contributed by atoms with Gasteiger partial charge in [0.05, 0.1) is 6.54 Å². The Morgan fingerprint density at radius 2 is 2.19 bits per heavy atom. The quantitative estimate of drug-likeness (QED) is 0.806. The number of amides is 1. The van der Waals surface area contributed by atoms with Crippen LogP contribution in [0.3, 0.4) is 0 Å². The largest absolute Gasteiger partial charge is 0.338 e. The fourth-order valence-electron chi connectivity index (χ4n) is 2.85. The molecule has 0 bridgehead atoms. The molecule has 0 spiro atoms. The second-order valence-corrected chi connectivity index (χ2v) is 6.53. The van der Waals surface area contributed by atoms with Crippen molar-refractivity contribution in [3.8, 4) is 11.8 Å². The summed E-state index contributed by atoms with van der Waals surface area (Å²) in [7, 11) is 0. The minimum Gasteiger partial charge on any atom is -0.338 e. The number of hydrogen-bond donors (Lipinski definition) is 1. The van der Waals surface area contributed by atoms with E-state index in [2.05, 4.69) is 25.7 Å². The van der Waals surface area contributed by atoms with E-state index < -0.39 is 0 Å². The second kappa shape index (κ2) is 6.32. The molecular weight excluding hydrogens is 260 g/mol. The third-order valence-electron chi connectivity index (χ3n) is 3.99. The van der Waals surface area contributed by atoms with Crippen LogP contribution in [-0.2, 0) is 0 Å². The first-order valence-corrected chi connectivity index (χ1v) is 7.52. The van der Waals surface area contributed by atoms with E-state index in [1.165, 1.54) is 6.42 Å². The summed E-state index contributed by atoms with van der Waals surface area (Å²) >= 11 is 0. The summed E-state index contributed by atoms with van der Waals surface area (Å²) in [4.78, 5) is 14.8. The highest BCUT2D eigenvalue weighted by Crippen LogP contribution is 2.29. The number of carbonyl (C=O) groups excluding carboxylic acids is 1. The Morgan fingerprint density at radius 1 is 1.43 bits per heavy atom. The lowest BCUT2D eigenvalue weighted by Crippen LogP contribution is -2.43. The number of hydrogen-bond acceptors (Lipinski definition) is 2. The number of carbonyl (C=O) groups is 1. The van der Waals surface area contributed by atoms with Gasteiger partial charge in [0.1, 0.15) is 0 Å². The zero-order valence-electron chi connectivity index (χ0n) is 13.2. The molecule has 112 valence electrons. The maximum absolute atomic E-state index is 12.8. The van der Waals surface area contributed by atoms with Crippen molar-refractivity contribution in [1.29, 1.82) is 0 Å². The van der Waals surface area contributed by atoms with Crippen LogP contribution in [0, 0.1) is 24.2 Å². The highest BCUT2D eigenvalue weighted by atomic mass is 16.2. The normalized spacial score (nSPS) is 17.0. The zero-order chi connectivity index (χ0) is 15.5. The minimum absolute atomic E-state index is 0.122. The molecule has 2 N–H and O–H groups in total. The van der Waals surface area contributed by atoms with Gasteiger partial charge >= 0.3 is 0 Å². The Kier molecular flexibility index (Phi) is 4.69. The Hall–Kier alpha value is -1.79. The molecule has 1 heterocycles. The lowest BCUT2D eigenvalue weighted by Gasteiger charge is -2.38. The molecule has 0 aliphatic carbocycles. The van der Waals surface area contributed by atoms with Crippen molar-refractivity contribution in [2.75, 3.05) is 19.6 Å². The molecule has 21 heavy (non-hydrogen) atoms. The van der Waals surface area contributed by atoms with Gasteiger partial charge in [-0.1, -0.05) is 31.8 Å². The second-order valence-electron chi connectivity index (χ2n) is 6.53. The van der Waals surface area contributed by atoms with Gasteiger partial charge in [0.2, 0.25) is 0 Å². The van der Waals surface area contributed by atoms with E-state index >= 15 is 0 Å². The first-order chi connectivity index (χ1) is 9.93. The fraction of sp³-hybridized carbons (Fsp3) is 0.500. The number of nitrogens with zero attached hydrogens (tertiary/aromatic N) is 1. The van der Waals surface area contributed by atoms with Crippen LogP contribution in [0.15, 0.2) is 18.2 Å². The van der Waals surface area contributed by atoms with Crippen molar-refractivity contribution in [3.63, 3.8) is 0 Å². The molecule has 1 amide bonds. The van der Waals surface area contributed by atoms with E-state index in [0.717, 1.165) is 36.2 Å². The summed E-state index contributed by atoms with van der Waals surface area (Å²) in [6.45, 7) is 8.43. The van der Waals surface area contributed by atoms with Crippen LogP contribution in [0.1, 0.15) is 48.2 Å². The molecular formula is C18H24N2O. The molecule has 1 aliphatic heterocycles. The van der Waals surface area contributed by atoms with Crippen molar-refractivity contribution in [2.24, 2.45) is 11.1 Å². The van der Waals surface area contributed by atoms with Gasteiger partial charge in [-0.25, -0.2) is 0 Å². The number of piperidine rings is 1. The van der Waals surface area contributed by atoms with Crippen molar-refractivity contribution < 1.29 is 4.79 Å². The Bertz CT molecular complexity index is 593. The first kappa shape index (κ1) is 15.6. The van der Waals surface area contributed by atoms with E-state index in [4.69, 9.17) is 5.73 Å².